The fourth-order valence-corrected chi connectivity index (χ4v) is 3.21. The smallest absolute Gasteiger partial charge is 0.323 e. The number of rotatable bonds is 4. The van der Waals surface area contributed by atoms with Crippen molar-refractivity contribution in [2.75, 3.05) is 4.90 Å². The molecule has 0 radical (unpaired) electrons. The topological polar surface area (TPSA) is 45.2 Å². The van der Waals surface area contributed by atoms with Gasteiger partial charge in [-0.25, -0.2) is 9.78 Å². The lowest BCUT2D eigenvalue weighted by Crippen LogP contribution is -2.47. The van der Waals surface area contributed by atoms with E-state index >= 15 is 0 Å². The van der Waals surface area contributed by atoms with E-state index in [2.05, 4.69) is 5.32 Å². The van der Waals surface area contributed by atoms with E-state index in [1.165, 1.54) is 0 Å². The number of aromatic nitrogens is 1. The maximum absolute atomic E-state index is 12.9. The van der Waals surface area contributed by atoms with Crippen LogP contribution in [0.3, 0.4) is 0 Å². The second kappa shape index (κ2) is 7.97. The van der Waals surface area contributed by atoms with E-state index in [9.17, 15) is 4.79 Å². The van der Waals surface area contributed by atoms with E-state index in [0.717, 1.165) is 22.0 Å². The predicted molar refractivity (Wildman–Crippen MR) is 113 cm³/mol. The van der Waals surface area contributed by atoms with Crippen molar-refractivity contribution in [1.29, 1.82) is 0 Å². The maximum atomic E-state index is 12.9. The van der Waals surface area contributed by atoms with Crippen LogP contribution in [0.5, 0.6) is 0 Å². The SMILES string of the molecule is CC(C)NC(=O)N(c1nc(-c2ccccc2)cc2ccc(Cl)cc12)C(C)C. The molecule has 1 aromatic heterocycles. The number of hydrogen-bond donors (Lipinski definition) is 1. The number of benzene rings is 2. The van der Waals surface area contributed by atoms with Gasteiger partial charge in [0.05, 0.1) is 5.69 Å². The highest BCUT2D eigenvalue weighted by molar-refractivity contribution is 6.31. The van der Waals surface area contributed by atoms with Gasteiger partial charge in [-0.2, -0.15) is 0 Å². The van der Waals surface area contributed by atoms with Crippen LogP contribution in [0.15, 0.2) is 54.6 Å². The van der Waals surface area contributed by atoms with Crippen molar-refractivity contribution in [3.05, 3.63) is 59.6 Å². The molecular formula is C22H24ClN3O. The van der Waals surface area contributed by atoms with Crippen LogP contribution in [0.25, 0.3) is 22.0 Å². The lowest BCUT2D eigenvalue weighted by Gasteiger charge is -2.28. The number of nitrogens with one attached hydrogen (secondary N) is 1. The first kappa shape index (κ1) is 19.2. The van der Waals surface area contributed by atoms with Crippen LogP contribution in [-0.4, -0.2) is 23.1 Å². The van der Waals surface area contributed by atoms with E-state index in [1.807, 2.05) is 82.3 Å². The van der Waals surface area contributed by atoms with E-state index in [0.29, 0.717) is 10.8 Å². The summed E-state index contributed by atoms with van der Waals surface area (Å²) >= 11 is 6.25. The van der Waals surface area contributed by atoms with Gasteiger partial charge >= 0.3 is 6.03 Å². The summed E-state index contributed by atoms with van der Waals surface area (Å²) in [6, 6.07) is 17.5. The summed E-state index contributed by atoms with van der Waals surface area (Å²) in [4.78, 5) is 19.5. The highest BCUT2D eigenvalue weighted by atomic mass is 35.5. The molecule has 4 nitrogen and oxygen atoms in total. The van der Waals surface area contributed by atoms with Crippen molar-refractivity contribution < 1.29 is 4.79 Å². The number of amides is 2. The van der Waals surface area contributed by atoms with E-state index < -0.39 is 0 Å². The molecule has 1 N–H and O–H groups in total. The Hall–Kier alpha value is -2.59. The van der Waals surface area contributed by atoms with Crippen LogP contribution in [0, 0.1) is 0 Å². The molecule has 3 rings (SSSR count). The van der Waals surface area contributed by atoms with Gasteiger partial charge in [-0.05, 0) is 51.3 Å². The van der Waals surface area contributed by atoms with E-state index in [-0.39, 0.29) is 18.1 Å². The van der Waals surface area contributed by atoms with Crippen LogP contribution >= 0.6 is 11.6 Å². The van der Waals surface area contributed by atoms with Gasteiger partial charge < -0.3 is 5.32 Å². The third-order valence-electron chi connectivity index (χ3n) is 4.22. The van der Waals surface area contributed by atoms with Crippen LogP contribution in [-0.2, 0) is 0 Å². The first-order valence-electron chi connectivity index (χ1n) is 9.12. The van der Waals surface area contributed by atoms with Crippen molar-refractivity contribution in [2.45, 2.75) is 39.8 Å². The van der Waals surface area contributed by atoms with Crippen LogP contribution in [0.2, 0.25) is 5.02 Å². The van der Waals surface area contributed by atoms with Crippen molar-refractivity contribution in [3.63, 3.8) is 0 Å². The molecule has 0 fully saturated rings. The molecule has 0 aliphatic carbocycles. The number of hydrogen-bond acceptors (Lipinski definition) is 2. The summed E-state index contributed by atoms with van der Waals surface area (Å²) in [5.74, 6) is 0.613. The summed E-state index contributed by atoms with van der Waals surface area (Å²) in [6.07, 6.45) is 0. The molecule has 0 bridgehead atoms. The zero-order chi connectivity index (χ0) is 19.6. The van der Waals surface area contributed by atoms with Gasteiger partial charge in [-0.15, -0.1) is 0 Å². The number of anilines is 1. The number of pyridine rings is 1. The third kappa shape index (κ3) is 4.22. The van der Waals surface area contributed by atoms with Gasteiger partial charge in [0.15, 0.2) is 0 Å². The van der Waals surface area contributed by atoms with E-state index in [4.69, 9.17) is 16.6 Å². The molecule has 0 spiro atoms. The zero-order valence-corrected chi connectivity index (χ0v) is 16.8. The van der Waals surface area contributed by atoms with Crippen LogP contribution in [0.1, 0.15) is 27.7 Å². The molecule has 2 aromatic carbocycles. The van der Waals surface area contributed by atoms with E-state index in [1.54, 1.807) is 4.90 Å². The number of carbonyl (C=O) groups excluding carboxylic acids is 1. The Morgan fingerprint density at radius 3 is 2.37 bits per heavy atom. The number of halogens is 1. The average Bonchev–Trinajstić information content (AvgIpc) is 2.61. The first-order valence-corrected chi connectivity index (χ1v) is 9.50. The third-order valence-corrected chi connectivity index (χ3v) is 4.46. The normalized spacial score (nSPS) is 11.2. The van der Waals surface area contributed by atoms with Crippen molar-refractivity contribution >= 4 is 34.2 Å². The highest BCUT2D eigenvalue weighted by Gasteiger charge is 2.24. The summed E-state index contributed by atoms with van der Waals surface area (Å²) < 4.78 is 0. The largest absolute Gasteiger partial charge is 0.335 e. The van der Waals surface area contributed by atoms with Crippen molar-refractivity contribution in [3.8, 4) is 11.3 Å². The number of fused-ring (bicyclic) bond motifs is 1. The molecule has 1 heterocycles. The second-order valence-electron chi connectivity index (χ2n) is 7.13. The molecule has 0 unspecified atom stereocenters. The summed E-state index contributed by atoms with van der Waals surface area (Å²) in [7, 11) is 0. The number of urea groups is 1. The molecule has 0 saturated carbocycles. The second-order valence-corrected chi connectivity index (χ2v) is 7.57. The lowest BCUT2D eigenvalue weighted by molar-refractivity contribution is 0.242. The van der Waals surface area contributed by atoms with Gasteiger partial charge in [0.2, 0.25) is 0 Å². The number of nitrogens with zero attached hydrogens (tertiary/aromatic N) is 2. The Morgan fingerprint density at radius 2 is 1.74 bits per heavy atom. The molecule has 140 valence electrons. The predicted octanol–water partition coefficient (Wildman–Crippen LogP) is 5.89. The van der Waals surface area contributed by atoms with Crippen molar-refractivity contribution in [2.24, 2.45) is 0 Å². The fourth-order valence-electron chi connectivity index (χ4n) is 3.03. The number of carbonyl (C=O) groups is 1. The molecule has 5 heteroatoms. The summed E-state index contributed by atoms with van der Waals surface area (Å²) in [6.45, 7) is 7.85. The maximum Gasteiger partial charge on any atom is 0.323 e. The Kier molecular flexibility index (Phi) is 5.66. The molecule has 0 aliphatic heterocycles. The standard InChI is InChI=1S/C22H24ClN3O/c1-14(2)24-22(27)26(15(3)4)21-19-13-18(23)11-10-17(19)12-20(25-21)16-8-6-5-7-9-16/h5-15H,1-4H3,(H,24,27). The summed E-state index contributed by atoms with van der Waals surface area (Å²) in [5.41, 5.74) is 1.83. The van der Waals surface area contributed by atoms with Gasteiger partial charge in [0, 0.05) is 28.1 Å². The molecule has 0 aliphatic rings. The lowest BCUT2D eigenvalue weighted by atomic mass is 10.1. The van der Waals surface area contributed by atoms with Gasteiger partial charge in [0.25, 0.3) is 0 Å². The van der Waals surface area contributed by atoms with Gasteiger partial charge in [-0.1, -0.05) is 48.0 Å². The Bertz CT molecular complexity index is 954. The molecule has 0 saturated heterocycles. The van der Waals surface area contributed by atoms with Gasteiger partial charge in [-0.3, -0.25) is 4.90 Å². The van der Waals surface area contributed by atoms with Crippen molar-refractivity contribution in [1.82, 2.24) is 10.3 Å². The molecule has 3 aromatic rings. The molecule has 0 atom stereocenters. The molecule has 27 heavy (non-hydrogen) atoms. The molecule has 2 amide bonds. The Morgan fingerprint density at radius 1 is 1.04 bits per heavy atom. The van der Waals surface area contributed by atoms with Crippen LogP contribution < -0.4 is 10.2 Å². The minimum Gasteiger partial charge on any atom is -0.335 e. The summed E-state index contributed by atoms with van der Waals surface area (Å²) in [5, 5.41) is 5.44. The average molecular weight is 382 g/mol. The zero-order valence-electron chi connectivity index (χ0n) is 16.0. The quantitative estimate of drug-likeness (QED) is 0.612. The highest BCUT2D eigenvalue weighted by Crippen LogP contribution is 2.33. The first-order chi connectivity index (χ1) is 12.9. The Labute approximate surface area is 165 Å². The Balaban J connectivity index is 2.24. The minimum atomic E-state index is -0.168. The van der Waals surface area contributed by atoms with Gasteiger partial charge in [0.1, 0.15) is 5.82 Å². The molecular weight excluding hydrogens is 358 g/mol. The van der Waals surface area contributed by atoms with Crippen LogP contribution in [0.4, 0.5) is 10.6 Å². The fraction of sp³-hybridized carbons (Fsp3) is 0.273. The minimum absolute atomic E-state index is 0.0332. The monoisotopic (exact) mass is 381 g/mol.